The van der Waals surface area contributed by atoms with Gasteiger partial charge in [0.1, 0.15) is 22.9 Å². The first-order valence-corrected chi connectivity index (χ1v) is 7.97. The molecule has 3 rings (SSSR count). The Morgan fingerprint density at radius 3 is 2.32 bits per heavy atom. The van der Waals surface area contributed by atoms with Gasteiger partial charge in [-0.2, -0.15) is 0 Å². The average molecular weight is 341 g/mol. The van der Waals surface area contributed by atoms with Crippen LogP contribution in [0.1, 0.15) is 20.8 Å². The van der Waals surface area contributed by atoms with Crippen molar-refractivity contribution in [3.63, 3.8) is 0 Å². The molecular weight excluding hydrogens is 321 g/mol. The fraction of sp³-hybridized carbons (Fsp3) is 0.250. The van der Waals surface area contributed by atoms with Gasteiger partial charge in [0.25, 0.3) is 0 Å². The molecule has 130 valence electrons. The summed E-state index contributed by atoms with van der Waals surface area (Å²) in [5.41, 5.74) is 0.594. The van der Waals surface area contributed by atoms with Gasteiger partial charge >= 0.3 is 0 Å². The molecule has 0 radical (unpaired) electrons. The van der Waals surface area contributed by atoms with Crippen molar-refractivity contribution in [1.82, 2.24) is 4.98 Å². The Kier molecular flexibility index (Phi) is 4.25. The van der Waals surface area contributed by atoms with Crippen LogP contribution in [0, 0.1) is 5.82 Å². The minimum absolute atomic E-state index is 0.00457. The number of aromatic nitrogens is 1. The Balaban J connectivity index is 2.19. The molecular formula is C20H20FNO3. The summed E-state index contributed by atoms with van der Waals surface area (Å²) in [5.74, 6) is 0.558. The third-order valence-corrected chi connectivity index (χ3v) is 3.77. The smallest absolute Gasteiger partial charge is 0.200 e. The largest absolute Gasteiger partial charge is 0.497 e. The van der Waals surface area contributed by atoms with Crippen LogP contribution >= 0.6 is 0 Å². The van der Waals surface area contributed by atoms with E-state index in [1.165, 1.54) is 12.1 Å². The molecule has 25 heavy (non-hydrogen) atoms. The Morgan fingerprint density at radius 1 is 1.04 bits per heavy atom. The molecule has 1 aromatic heterocycles. The molecule has 1 heterocycles. The fourth-order valence-electron chi connectivity index (χ4n) is 2.67. The number of benzene rings is 2. The maximum Gasteiger partial charge on any atom is 0.200 e. The SMILES string of the molecule is COc1ccc(-c2c[nH]c3c(OC(C)(C)C)ccc(F)c3c2=O)cc1. The van der Waals surface area contributed by atoms with Crippen molar-refractivity contribution in [2.24, 2.45) is 0 Å². The quantitative estimate of drug-likeness (QED) is 0.762. The molecule has 0 spiro atoms. The molecule has 0 aliphatic rings. The van der Waals surface area contributed by atoms with Crippen LogP contribution in [-0.4, -0.2) is 17.7 Å². The van der Waals surface area contributed by atoms with Crippen molar-refractivity contribution >= 4 is 10.9 Å². The van der Waals surface area contributed by atoms with Gasteiger partial charge in [0.15, 0.2) is 5.43 Å². The highest BCUT2D eigenvalue weighted by molar-refractivity contribution is 5.88. The number of ether oxygens (including phenoxy) is 2. The predicted molar refractivity (Wildman–Crippen MR) is 96.9 cm³/mol. The van der Waals surface area contributed by atoms with Crippen molar-refractivity contribution in [1.29, 1.82) is 0 Å². The highest BCUT2D eigenvalue weighted by Crippen LogP contribution is 2.29. The molecule has 0 unspecified atom stereocenters. The van der Waals surface area contributed by atoms with Crippen molar-refractivity contribution in [3.8, 4) is 22.6 Å². The van der Waals surface area contributed by atoms with Crippen molar-refractivity contribution in [2.75, 3.05) is 7.11 Å². The van der Waals surface area contributed by atoms with E-state index >= 15 is 0 Å². The van der Waals surface area contributed by atoms with Crippen molar-refractivity contribution in [2.45, 2.75) is 26.4 Å². The Morgan fingerprint density at radius 2 is 1.72 bits per heavy atom. The molecule has 1 N–H and O–H groups in total. The number of fused-ring (bicyclic) bond motifs is 1. The molecule has 5 heteroatoms. The molecule has 0 bridgehead atoms. The minimum Gasteiger partial charge on any atom is -0.497 e. The number of halogens is 1. The number of aromatic amines is 1. The molecule has 0 saturated carbocycles. The van der Waals surface area contributed by atoms with Gasteiger partial charge in [0.2, 0.25) is 0 Å². The Hall–Kier alpha value is -2.82. The van der Waals surface area contributed by atoms with E-state index in [1.807, 2.05) is 20.8 Å². The van der Waals surface area contributed by atoms with Crippen molar-refractivity contribution in [3.05, 3.63) is 58.6 Å². The summed E-state index contributed by atoms with van der Waals surface area (Å²) in [6, 6.07) is 9.84. The van der Waals surface area contributed by atoms with E-state index in [0.717, 1.165) is 0 Å². The monoisotopic (exact) mass is 341 g/mol. The molecule has 0 aliphatic carbocycles. The summed E-state index contributed by atoms with van der Waals surface area (Å²) in [6.07, 6.45) is 1.58. The first-order valence-electron chi connectivity index (χ1n) is 7.97. The predicted octanol–water partition coefficient (Wildman–Crippen LogP) is 4.52. The van der Waals surface area contributed by atoms with Gasteiger partial charge in [0.05, 0.1) is 18.0 Å². The molecule has 4 nitrogen and oxygen atoms in total. The summed E-state index contributed by atoms with van der Waals surface area (Å²) < 4.78 is 25.4. The maximum absolute atomic E-state index is 14.4. The summed E-state index contributed by atoms with van der Waals surface area (Å²) in [7, 11) is 1.57. The van der Waals surface area contributed by atoms with E-state index in [-0.39, 0.29) is 10.8 Å². The molecule has 0 saturated heterocycles. The van der Waals surface area contributed by atoms with Crippen LogP contribution in [0.3, 0.4) is 0 Å². The number of rotatable bonds is 3. The Bertz CT molecular complexity index is 969. The molecule has 0 fully saturated rings. The highest BCUT2D eigenvalue weighted by atomic mass is 19.1. The molecule has 0 aliphatic heterocycles. The normalized spacial score (nSPS) is 11.6. The van der Waals surface area contributed by atoms with E-state index in [1.54, 1.807) is 37.6 Å². The molecule has 0 amide bonds. The van der Waals surface area contributed by atoms with E-state index in [4.69, 9.17) is 9.47 Å². The maximum atomic E-state index is 14.4. The fourth-order valence-corrected chi connectivity index (χ4v) is 2.67. The van der Waals surface area contributed by atoms with Gasteiger partial charge in [-0.05, 0) is 50.6 Å². The highest BCUT2D eigenvalue weighted by Gasteiger charge is 2.18. The standard InChI is InChI=1S/C20H20FNO3/c1-20(2,3)25-16-10-9-15(21)17-18(16)22-11-14(19(17)23)12-5-7-13(24-4)8-6-12/h5-11H,1-4H3,(H,22,23). The first kappa shape index (κ1) is 17.0. The van der Waals surface area contributed by atoms with Crippen LogP contribution < -0.4 is 14.9 Å². The molecule has 0 atom stereocenters. The second kappa shape index (κ2) is 6.24. The van der Waals surface area contributed by atoms with Gasteiger partial charge in [-0.15, -0.1) is 0 Å². The Labute approximate surface area is 145 Å². The van der Waals surface area contributed by atoms with Crippen LogP contribution in [0.4, 0.5) is 4.39 Å². The second-order valence-corrected chi connectivity index (χ2v) is 6.77. The zero-order chi connectivity index (χ0) is 18.2. The van der Waals surface area contributed by atoms with Gasteiger partial charge in [-0.3, -0.25) is 4.79 Å². The average Bonchev–Trinajstić information content (AvgIpc) is 2.56. The van der Waals surface area contributed by atoms with Gasteiger partial charge in [-0.25, -0.2) is 4.39 Å². The lowest BCUT2D eigenvalue weighted by Gasteiger charge is -2.22. The zero-order valence-corrected chi connectivity index (χ0v) is 14.6. The van der Waals surface area contributed by atoms with Crippen LogP contribution in [0.5, 0.6) is 11.5 Å². The second-order valence-electron chi connectivity index (χ2n) is 6.77. The summed E-state index contributed by atoms with van der Waals surface area (Å²) in [4.78, 5) is 15.9. The van der Waals surface area contributed by atoms with E-state index in [9.17, 15) is 9.18 Å². The lowest BCUT2D eigenvalue weighted by Crippen LogP contribution is -2.23. The minimum atomic E-state index is -0.576. The molecule has 2 aromatic carbocycles. The lowest BCUT2D eigenvalue weighted by atomic mass is 10.0. The van der Waals surface area contributed by atoms with E-state index in [0.29, 0.717) is 28.1 Å². The molecule has 3 aromatic rings. The topological polar surface area (TPSA) is 51.3 Å². The number of methoxy groups -OCH3 is 1. The van der Waals surface area contributed by atoms with Gasteiger partial charge in [-0.1, -0.05) is 12.1 Å². The number of pyridine rings is 1. The van der Waals surface area contributed by atoms with Crippen LogP contribution in [0.15, 0.2) is 47.4 Å². The third-order valence-electron chi connectivity index (χ3n) is 3.77. The van der Waals surface area contributed by atoms with E-state index in [2.05, 4.69) is 4.98 Å². The first-order chi connectivity index (χ1) is 11.8. The third kappa shape index (κ3) is 3.36. The zero-order valence-electron chi connectivity index (χ0n) is 14.6. The number of hydrogen-bond donors (Lipinski definition) is 1. The number of H-pyrrole nitrogens is 1. The van der Waals surface area contributed by atoms with Crippen LogP contribution in [0.25, 0.3) is 22.0 Å². The summed E-state index contributed by atoms with van der Waals surface area (Å²) in [5, 5.41) is -0.00457. The van der Waals surface area contributed by atoms with E-state index < -0.39 is 11.4 Å². The van der Waals surface area contributed by atoms with Gasteiger partial charge in [0, 0.05) is 11.8 Å². The van der Waals surface area contributed by atoms with Crippen molar-refractivity contribution < 1.29 is 13.9 Å². The number of nitrogens with one attached hydrogen (secondary N) is 1. The van der Waals surface area contributed by atoms with Gasteiger partial charge < -0.3 is 14.5 Å². The summed E-state index contributed by atoms with van der Waals surface area (Å²) >= 11 is 0. The van der Waals surface area contributed by atoms with Crippen LogP contribution in [0.2, 0.25) is 0 Å². The lowest BCUT2D eigenvalue weighted by molar-refractivity contribution is 0.133. The van der Waals surface area contributed by atoms with Crippen LogP contribution in [-0.2, 0) is 0 Å². The summed E-state index contributed by atoms with van der Waals surface area (Å²) in [6.45, 7) is 5.68. The number of hydrogen-bond acceptors (Lipinski definition) is 3.